The number of nitrogens with zero attached hydrogens (tertiary/aromatic N) is 3. The third-order valence-electron chi connectivity index (χ3n) is 4.98. The Balaban J connectivity index is 1.90. The summed E-state index contributed by atoms with van der Waals surface area (Å²) < 4.78 is 14.0. The Labute approximate surface area is 162 Å². The van der Waals surface area contributed by atoms with Gasteiger partial charge in [0.05, 0.1) is 17.1 Å². The van der Waals surface area contributed by atoms with E-state index in [0.29, 0.717) is 28.1 Å². The standard InChI is InChI=1S/C23H20FN3O/c1-15(16-8-4-3-5-9-16)27(2)23-19-14-17(24)12-13-20(19)25-22(26-23)18-10-6-7-11-21(18)28/h3-15,28H,1-2H3. The van der Waals surface area contributed by atoms with Crippen molar-refractivity contribution in [3.63, 3.8) is 0 Å². The number of para-hydroxylation sites is 1. The largest absolute Gasteiger partial charge is 0.507 e. The molecule has 0 radical (unpaired) electrons. The zero-order valence-corrected chi connectivity index (χ0v) is 15.7. The predicted molar refractivity (Wildman–Crippen MR) is 110 cm³/mol. The molecule has 0 bridgehead atoms. The minimum atomic E-state index is -0.339. The van der Waals surface area contributed by atoms with Gasteiger partial charge in [-0.15, -0.1) is 0 Å². The summed E-state index contributed by atoms with van der Waals surface area (Å²) in [6.45, 7) is 2.07. The molecular weight excluding hydrogens is 353 g/mol. The molecule has 1 N–H and O–H groups in total. The lowest BCUT2D eigenvalue weighted by Gasteiger charge is -2.28. The number of aromatic hydroxyl groups is 1. The van der Waals surface area contributed by atoms with Gasteiger partial charge in [-0.3, -0.25) is 0 Å². The van der Waals surface area contributed by atoms with Gasteiger partial charge in [-0.05, 0) is 42.8 Å². The maximum absolute atomic E-state index is 14.0. The number of aromatic nitrogens is 2. The highest BCUT2D eigenvalue weighted by Gasteiger charge is 2.19. The van der Waals surface area contributed by atoms with Crippen LogP contribution in [0.4, 0.5) is 10.2 Å². The monoisotopic (exact) mass is 373 g/mol. The fourth-order valence-electron chi connectivity index (χ4n) is 3.28. The van der Waals surface area contributed by atoms with Crippen LogP contribution >= 0.6 is 0 Å². The Bertz CT molecular complexity index is 1130. The maximum atomic E-state index is 14.0. The number of hydrogen-bond donors (Lipinski definition) is 1. The maximum Gasteiger partial charge on any atom is 0.165 e. The average molecular weight is 373 g/mol. The van der Waals surface area contributed by atoms with Crippen molar-refractivity contribution in [1.29, 1.82) is 0 Å². The van der Waals surface area contributed by atoms with Gasteiger partial charge in [-0.1, -0.05) is 42.5 Å². The summed E-state index contributed by atoms with van der Waals surface area (Å²) >= 11 is 0. The molecule has 1 atom stereocenters. The first-order chi connectivity index (χ1) is 13.5. The Morgan fingerprint density at radius 1 is 0.929 bits per heavy atom. The van der Waals surface area contributed by atoms with Crippen LogP contribution in [0.3, 0.4) is 0 Å². The van der Waals surface area contributed by atoms with Crippen LogP contribution in [-0.4, -0.2) is 22.1 Å². The molecular formula is C23H20FN3O. The summed E-state index contributed by atoms with van der Waals surface area (Å²) in [4.78, 5) is 11.3. The molecule has 1 heterocycles. The Morgan fingerprint density at radius 2 is 1.64 bits per heavy atom. The summed E-state index contributed by atoms with van der Waals surface area (Å²) in [5.74, 6) is 0.778. The summed E-state index contributed by atoms with van der Waals surface area (Å²) in [5.41, 5.74) is 2.28. The SMILES string of the molecule is CC(c1ccccc1)N(C)c1nc(-c2ccccc2O)nc2ccc(F)cc12. The van der Waals surface area contributed by atoms with E-state index < -0.39 is 0 Å². The zero-order chi connectivity index (χ0) is 19.7. The second-order valence-corrected chi connectivity index (χ2v) is 6.75. The summed E-state index contributed by atoms with van der Waals surface area (Å²) in [7, 11) is 1.93. The first-order valence-corrected chi connectivity index (χ1v) is 9.08. The molecule has 1 aromatic heterocycles. The van der Waals surface area contributed by atoms with Gasteiger partial charge in [0.15, 0.2) is 5.82 Å². The van der Waals surface area contributed by atoms with Crippen LogP contribution in [0.5, 0.6) is 5.75 Å². The van der Waals surface area contributed by atoms with Gasteiger partial charge in [0.25, 0.3) is 0 Å². The molecule has 4 nitrogen and oxygen atoms in total. The van der Waals surface area contributed by atoms with Gasteiger partial charge >= 0.3 is 0 Å². The van der Waals surface area contributed by atoms with Crippen molar-refractivity contribution in [1.82, 2.24) is 9.97 Å². The molecule has 0 saturated carbocycles. The van der Waals surface area contributed by atoms with E-state index in [-0.39, 0.29) is 17.6 Å². The van der Waals surface area contributed by atoms with Gasteiger partial charge in [0, 0.05) is 12.4 Å². The summed E-state index contributed by atoms with van der Waals surface area (Å²) in [6.07, 6.45) is 0. The van der Waals surface area contributed by atoms with Gasteiger partial charge in [-0.2, -0.15) is 0 Å². The Morgan fingerprint density at radius 3 is 2.39 bits per heavy atom. The van der Waals surface area contributed by atoms with Crippen molar-refractivity contribution >= 4 is 16.7 Å². The molecule has 5 heteroatoms. The van der Waals surface area contributed by atoms with Crippen LogP contribution in [0.25, 0.3) is 22.3 Å². The number of halogens is 1. The third kappa shape index (κ3) is 3.27. The van der Waals surface area contributed by atoms with E-state index in [1.165, 1.54) is 12.1 Å². The van der Waals surface area contributed by atoms with Crippen LogP contribution in [0.1, 0.15) is 18.5 Å². The van der Waals surface area contributed by atoms with Crippen molar-refractivity contribution in [3.8, 4) is 17.1 Å². The molecule has 0 amide bonds. The fourth-order valence-corrected chi connectivity index (χ4v) is 3.28. The molecule has 28 heavy (non-hydrogen) atoms. The summed E-state index contributed by atoms with van der Waals surface area (Å²) in [6, 6.07) is 21.5. The second kappa shape index (κ2) is 7.27. The highest BCUT2D eigenvalue weighted by Crippen LogP contribution is 2.34. The van der Waals surface area contributed by atoms with Crippen LogP contribution in [-0.2, 0) is 0 Å². The average Bonchev–Trinajstić information content (AvgIpc) is 2.73. The van der Waals surface area contributed by atoms with E-state index in [9.17, 15) is 9.50 Å². The second-order valence-electron chi connectivity index (χ2n) is 6.75. The zero-order valence-electron chi connectivity index (χ0n) is 15.7. The third-order valence-corrected chi connectivity index (χ3v) is 4.98. The van der Waals surface area contributed by atoms with E-state index >= 15 is 0 Å². The minimum Gasteiger partial charge on any atom is -0.507 e. The van der Waals surface area contributed by atoms with Gasteiger partial charge in [0.2, 0.25) is 0 Å². The molecule has 0 aliphatic heterocycles. The van der Waals surface area contributed by atoms with Crippen molar-refractivity contribution in [2.24, 2.45) is 0 Å². The number of rotatable bonds is 4. The summed E-state index contributed by atoms with van der Waals surface area (Å²) in [5, 5.41) is 10.9. The highest BCUT2D eigenvalue weighted by molar-refractivity contribution is 5.91. The molecule has 0 saturated heterocycles. The van der Waals surface area contributed by atoms with Gasteiger partial charge < -0.3 is 10.0 Å². The van der Waals surface area contributed by atoms with Crippen molar-refractivity contribution in [2.45, 2.75) is 13.0 Å². The molecule has 0 aliphatic rings. The topological polar surface area (TPSA) is 49.2 Å². The lowest BCUT2D eigenvalue weighted by molar-refractivity contribution is 0.477. The number of phenols is 1. The van der Waals surface area contributed by atoms with E-state index in [4.69, 9.17) is 4.98 Å². The Kier molecular flexibility index (Phi) is 4.65. The number of benzene rings is 3. The highest BCUT2D eigenvalue weighted by atomic mass is 19.1. The first kappa shape index (κ1) is 17.9. The van der Waals surface area contributed by atoms with Crippen molar-refractivity contribution in [2.75, 3.05) is 11.9 Å². The lowest BCUT2D eigenvalue weighted by Crippen LogP contribution is -2.23. The number of fused-ring (bicyclic) bond motifs is 1. The molecule has 4 rings (SSSR count). The quantitative estimate of drug-likeness (QED) is 0.525. The van der Waals surface area contributed by atoms with Crippen LogP contribution in [0, 0.1) is 5.82 Å². The van der Waals surface area contributed by atoms with Crippen LogP contribution in [0.2, 0.25) is 0 Å². The van der Waals surface area contributed by atoms with Gasteiger partial charge in [-0.25, -0.2) is 14.4 Å². The smallest absolute Gasteiger partial charge is 0.165 e. The molecule has 1 unspecified atom stereocenters. The predicted octanol–water partition coefficient (Wildman–Crippen LogP) is 5.34. The molecule has 3 aromatic carbocycles. The first-order valence-electron chi connectivity index (χ1n) is 9.08. The van der Waals surface area contributed by atoms with E-state index in [1.54, 1.807) is 24.3 Å². The van der Waals surface area contributed by atoms with E-state index in [0.717, 1.165) is 5.56 Å². The number of anilines is 1. The Hall–Kier alpha value is -3.47. The van der Waals surface area contributed by atoms with Crippen molar-refractivity contribution < 1.29 is 9.50 Å². The minimum absolute atomic E-state index is 0.0137. The van der Waals surface area contributed by atoms with Gasteiger partial charge in [0.1, 0.15) is 17.4 Å². The normalized spacial score (nSPS) is 12.1. The molecule has 0 fully saturated rings. The molecule has 140 valence electrons. The van der Waals surface area contributed by atoms with Crippen LogP contribution in [0.15, 0.2) is 72.8 Å². The molecule has 4 aromatic rings. The number of hydrogen-bond acceptors (Lipinski definition) is 4. The van der Waals surface area contributed by atoms with Crippen LogP contribution < -0.4 is 4.90 Å². The molecule has 0 spiro atoms. The van der Waals surface area contributed by atoms with E-state index in [1.807, 2.05) is 36.2 Å². The lowest BCUT2D eigenvalue weighted by atomic mass is 10.1. The van der Waals surface area contributed by atoms with Crippen molar-refractivity contribution in [3.05, 3.63) is 84.2 Å². The van der Waals surface area contributed by atoms with E-state index in [2.05, 4.69) is 24.0 Å². The number of phenolic OH excluding ortho intramolecular Hbond substituents is 1. The fraction of sp³-hybridized carbons (Fsp3) is 0.130. The molecule has 0 aliphatic carbocycles.